The van der Waals surface area contributed by atoms with Crippen molar-refractivity contribution in [1.82, 2.24) is 15.0 Å². The van der Waals surface area contributed by atoms with Crippen LogP contribution < -0.4 is 0 Å². The van der Waals surface area contributed by atoms with Gasteiger partial charge in [0.2, 0.25) is 0 Å². The van der Waals surface area contributed by atoms with Gasteiger partial charge in [-0.15, -0.1) is 0 Å². The number of carbonyl (C=O) groups excluding carboxylic acids is 1. The average molecular weight is 408 g/mol. The molecule has 2 aliphatic rings. The topological polar surface area (TPSA) is 49.6 Å². The fourth-order valence-corrected chi connectivity index (χ4v) is 4.43. The maximum atomic E-state index is 13.0. The monoisotopic (exact) mass is 407 g/mol. The lowest BCUT2D eigenvalue weighted by Gasteiger charge is -2.34. The predicted molar refractivity (Wildman–Crippen MR) is 105 cm³/mol. The second-order valence-electron chi connectivity index (χ2n) is 7.55. The molecule has 1 atom stereocenters. The first-order chi connectivity index (χ1) is 13.0. The molecule has 5 nitrogen and oxygen atoms in total. The first kappa shape index (κ1) is 18.8. The third kappa shape index (κ3) is 3.86. The van der Waals surface area contributed by atoms with E-state index in [0.717, 1.165) is 49.2 Å². The van der Waals surface area contributed by atoms with Gasteiger partial charge in [-0.1, -0.05) is 41.3 Å². The Balaban J connectivity index is 1.40. The molecule has 4 rings (SSSR count). The third-order valence-corrected chi connectivity index (χ3v) is 6.30. The lowest BCUT2D eigenvalue weighted by atomic mass is 9.88. The minimum Gasteiger partial charge on any atom is -0.360 e. The van der Waals surface area contributed by atoms with Gasteiger partial charge in [0.25, 0.3) is 5.91 Å². The number of nitrogens with zero attached hydrogens (tertiary/aromatic N) is 3. The quantitative estimate of drug-likeness (QED) is 0.769. The van der Waals surface area contributed by atoms with Crippen molar-refractivity contribution in [3.8, 4) is 0 Å². The van der Waals surface area contributed by atoms with Crippen LogP contribution >= 0.6 is 23.2 Å². The van der Waals surface area contributed by atoms with Crippen LogP contribution in [0.4, 0.5) is 0 Å². The summed E-state index contributed by atoms with van der Waals surface area (Å²) in [5.41, 5.74) is 2.48. The number of piperazine rings is 1. The van der Waals surface area contributed by atoms with Crippen molar-refractivity contribution in [1.29, 1.82) is 0 Å². The Morgan fingerprint density at radius 2 is 1.93 bits per heavy atom. The summed E-state index contributed by atoms with van der Waals surface area (Å²) in [5, 5.41) is 5.47. The van der Waals surface area contributed by atoms with Crippen LogP contribution in [0.2, 0.25) is 10.0 Å². The van der Waals surface area contributed by atoms with E-state index in [4.69, 9.17) is 27.7 Å². The SMILES string of the molecule is CC1CCc2onc(C(=O)N3CCN(Cc4c(Cl)cccc4Cl)CC3)c2C1. The lowest BCUT2D eigenvalue weighted by Crippen LogP contribution is -2.48. The summed E-state index contributed by atoms with van der Waals surface area (Å²) >= 11 is 12.6. The van der Waals surface area contributed by atoms with Crippen LogP contribution in [0.1, 0.15) is 40.7 Å². The van der Waals surface area contributed by atoms with Crippen LogP contribution in [-0.2, 0) is 19.4 Å². The number of aromatic nitrogens is 1. The standard InChI is InChI=1S/C20H23Cl2N3O2/c1-13-5-6-18-14(11-13)19(23-27-18)20(26)25-9-7-24(8-10-25)12-15-16(21)3-2-4-17(15)22/h2-4,13H,5-12H2,1H3. The summed E-state index contributed by atoms with van der Waals surface area (Å²) in [6, 6.07) is 5.57. The number of amides is 1. The lowest BCUT2D eigenvalue weighted by molar-refractivity contribution is 0.0617. The zero-order chi connectivity index (χ0) is 19.0. The zero-order valence-corrected chi connectivity index (χ0v) is 16.9. The first-order valence-corrected chi connectivity index (χ1v) is 10.2. The maximum absolute atomic E-state index is 13.0. The molecule has 1 amide bonds. The maximum Gasteiger partial charge on any atom is 0.276 e. The summed E-state index contributed by atoms with van der Waals surface area (Å²) in [6.07, 6.45) is 2.85. The van der Waals surface area contributed by atoms with Gasteiger partial charge >= 0.3 is 0 Å². The van der Waals surface area contributed by atoms with Crippen molar-refractivity contribution in [2.75, 3.05) is 26.2 Å². The molecular formula is C20H23Cl2N3O2. The highest BCUT2D eigenvalue weighted by Gasteiger charge is 2.31. The van der Waals surface area contributed by atoms with Crippen LogP contribution in [-0.4, -0.2) is 47.0 Å². The second-order valence-corrected chi connectivity index (χ2v) is 8.36. The van der Waals surface area contributed by atoms with Crippen LogP contribution in [0.15, 0.2) is 22.7 Å². The predicted octanol–water partition coefficient (Wildman–Crippen LogP) is 4.06. The van der Waals surface area contributed by atoms with Gasteiger partial charge in [0.1, 0.15) is 5.76 Å². The summed E-state index contributed by atoms with van der Waals surface area (Å²) in [6.45, 7) is 5.80. The molecule has 0 N–H and O–H groups in total. The van der Waals surface area contributed by atoms with Crippen molar-refractivity contribution in [2.24, 2.45) is 5.92 Å². The Morgan fingerprint density at radius 1 is 1.22 bits per heavy atom. The Hall–Kier alpha value is -1.56. The molecule has 144 valence electrons. The highest BCUT2D eigenvalue weighted by Crippen LogP contribution is 2.29. The molecular weight excluding hydrogens is 385 g/mol. The minimum absolute atomic E-state index is 0.00970. The van der Waals surface area contributed by atoms with Crippen molar-refractivity contribution in [3.05, 3.63) is 50.8 Å². The molecule has 1 saturated heterocycles. The van der Waals surface area contributed by atoms with Gasteiger partial charge in [0.05, 0.1) is 0 Å². The minimum atomic E-state index is -0.00970. The van der Waals surface area contributed by atoms with Gasteiger partial charge in [-0.2, -0.15) is 0 Å². The summed E-state index contributed by atoms with van der Waals surface area (Å²) in [7, 11) is 0. The van der Waals surface area contributed by atoms with Crippen LogP contribution in [0.5, 0.6) is 0 Å². The zero-order valence-electron chi connectivity index (χ0n) is 15.4. The number of hydrogen-bond donors (Lipinski definition) is 0. The molecule has 0 bridgehead atoms. The molecule has 1 aromatic heterocycles. The number of benzene rings is 1. The number of carbonyl (C=O) groups is 1. The first-order valence-electron chi connectivity index (χ1n) is 9.45. The van der Waals surface area contributed by atoms with E-state index in [2.05, 4.69) is 17.0 Å². The van der Waals surface area contributed by atoms with E-state index < -0.39 is 0 Å². The Labute approximate surface area is 169 Å². The van der Waals surface area contributed by atoms with Gasteiger partial charge in [-0.05, 0) is 30.9 Å². The van der Waals surface area contributed by atoms with Crippen molar-refractivity contribution >= 4 is 29.1 Å². The fourth-order valence-electron chi connectivity index (χ4n) is 3.91. The van der Waals surface area contributed by atoms with E-state index in [1.54, 1.807) is 0 Å². The van der Waals surface area contributed by atoms with Crippen LogP contribution in [0.3, 0.4) is 0 Å². The highest BCUT2D eigenvalue weighted by molar-refractivity contribution is 6.35. The number of halogens is 2. The van der Waals surface area contributed by atoms with Gasteiger partial charge in [-0.3, -0.25) is 9.69 Å². The van der Waals surface area contributed by atoms with Crippen LogP contribution in [0.25, 0.3) is 0 Å². The van der Waals surface area contributed by atoms with E-state index in [-0.39, 0.29) is 5.91 Å². The normalized spacial score (nSPS) is 20.6. The fraction of sp³-hybridized carbons (Fsp3) is 0.500. The number of aryl methyl sites for hydroxylation is 1. The van der Waals surface area contributed by atoms with Crippen molar-refractivity contribution < 1.29 is 9.32 Å². The number of fused-ring (bicyclic) bond motifs is 1. The molecule has 1 aliphatic carbocycles. The van der Waals surface area contributed by atoms with E-state index in [0.29, 0.717) is 41.3 Å². The second kappa shape index (κ2) is 7.82. The van der Waals surface area contributed by atoms with E-state index in [1.807, 2.05) is 23.1 Å². The van der Waals surface area contributed by atoms with Gasteiger partial charge in [0, 0.05) is 60.3 Å². The molecule has 2 aromatic rings. The summed E-state index contributed by atoms with van der Waals surface area (Å²) in [5.74, 6) is 1.45. The molecule has 1 aromatic carbocycles. The van der Waals surface area contributed by atoms with E-state index >= 15 is 0 Å². The molecule has 1 fully saturated rings. The van der Waals surface area contributed by atoms with Crippen molar-refractivity contribution in [3.63, 3.8) is 0 Å². The third-order valence-electron chi connectivity index (χ3n) is 5.59. The molecule has 1 unspecified atom stereocenters. The largest absolute Gasteiger partial charge is 0.360 e. The molecule has 7 heteroatoms. The Kier molecular flexibility index (Phi) is 5.44. The molecule has 0 radical (unpaired) electrons. The molecule has 1 aliphatic heterocycles. The van der Waals surface area contributed by atoms with E-state index in [9.17, 15) is 4.79 Å². The molecule has 0 saturated carbocycles. The molecule has 27 heavy (non-hydrogen) atoms. The molecule has 2 heterocycles. The summed E-state index contributed by atoms with van der Waals surface area (Å²) in [4.78, 5) is 17.1. The smallest absolute Gasteiger partial charge is 0.276 e. The van der Waals surface area contributed by atoms with Crippen LogP contribution in [0, 0.1) is 5.92 Å². The Bertz CT molecular complexity index is 823. The van der Waals surface area contributed by atoms with E-state index in [1.165, 1.54) is 0 Å². The van der Waals surface area contributed by atoms with Crippen molar-refractivity contribution in [2.45, 2.75) is 32.7 Å². The molecule has 0 spiro atoms. The van der Waals surface area contributed by atoms with Gasteiger partial charge in [-0.25, -0.2) is 0 Å². The van der Waals surface area contributed by atoms with Gasteiger partial charge in [0.15, 0.2) is 5.69 Å². The number of rotatable bonds is 3. The highest BCUT2D eigenvalue weighted by atomic mass is 35.5. The average Bonchev–Trinajstić information content (AvgIpc) is 3.08. The Morgan fingerprint density at radius 3 is 2.63 bits per heavy atom. The summed E-state index contributed by atoms with van der Waals surface area (Å²) < 4.78 is 5.44. The number of hydrogen-bond acceptors (Lipinski definition) is 4. The van der Waals surface area contributed by atoms with Gasteiger partial charge < -0.3 is 9.42 Å².